The van der Waals surface area contributed by atoms with Crippen LogP contribution < -0.4 is 9.47 Å². The van der Waals surface area contributed by atoms with Gasteiger partial charge in [0.05, 0.1) is 27.4 Å². The van der Waals surface area contributed by atoms with Crippen molar-refractivity contribution in [2.75, 3.05) is 47.6 Å². The molecule has 0 aliphatic heterocycles. The highest BCUT2D eigenvalue weighted by molar-refractivity contribution is 7.11. The van der Waals surface area contributed by atoms with Gasteiger partial charge in [-0.3, -0.25) is 9.59 Å². The van der Waals surface area contributed by atoms with Crippen LogP contribution in [0.2, 0.25) is 0 Å². The molecule has 1 aromatic heterocycles. The zero-order chi connectivity index (χ0) is 29.3. The second-order valence-electron chi connectivity index (χ2n) is 10.8. The highest BCUT2D eigenvalue weighted by Gasteiger charge is 2.24. The van der Waals surface area contributed by atoms with Crippen molar-refractivity contribution in [3.63, 3.8) is 0 Å². The number of hydrogen-bond acceptors (Lipinski definition) is 6. The largest absolute Gasteiger partial charge is 0.493 e. The van der Waals surface area contributed by atoms with Gasteiger partial charge in [-0.15, -0.1) is 11.3 Å². The fourth-order valence-corrected chi connectivity index (χ4v) is 5.27. The second-order valence-corrected chi connectivity index (χ2v) is 12.2. The molecular formula is C32H42N2O5S. The summed E-state index contributed by atoms with van der Waals surface area (Å²) < 4.78 is 16.1. The number of aryl methyl sites for hydroxylation is 1. The van der Waals surface area contributed by atoms with E-state index in [9.17, 15) is 9.59 Å². The number of benzene rings is 2. The van der Waals surface area contributed by atoms with Crippen LogP contribution in [0.25, 0.3) is 0 Å². The summed E-state index contributed by atoms with van der Waals surface area (Å²) in [6.07, 6.45) is 0.636. The summed E-state index contributed by atoms with van der Waals surface area (Å²) in [6, 6.07) is 17.6. The third-order valence-corrected chi connectivity index (χ3v) is 7.78. The first-order valence-corrected chi connectivity index (χ1v) is 14.3. The molecule has 8 heteroatoms. The van der Waals surface area contributed by atoms with Crippen molar-refractivity contribution in [2.24, 2.45) is 0 Å². The van der Waals surface area contributed by atoms with Crippen LogP contribution in [0.3, 0.4) is 0 Å². The number of rotatable bonds is 13. The lowest BCUT2D eigenvalue weighted by molar-refractivity contribution is -0.132. The Kier molecular flexibility index (Phi) is 11.2. The van der Waals surface area contributed by atoms with Crippen LogP contribution in [-0.2, 0) is 27.9 Å². The van der Waals surface area contributed by atoms with Crippen molar-refractivity contribution < 1.29 is 23.8 Å². The van der Waals surface area contributed by atoms with Crippen molar-refractivity contribution in [1.29, 1.82) is 0 Å². The molecular weight excluding hydrogens is 524 g/mol. The van der Waals surface area contributed by atoms with Gasteiger partial charge in [-0.25, -0.2) is 0 Å². The van der Waals surface area contributed by atoms with E-state index < -0.39 is 0 Å². The van der Waals surface area contributed by atoms with Gasteiger partial charge in [0, 0.05) is 35.5 Å². The Morgan fingerprint density at radius 2 is 1.55 bits per heavy atom. The van der Waals surface area contributed by atoms with Crippen LogP contribution in [0.1, 0.15) is 52.0 Å². The molecule has 3 aromatic rings. The topological polar surface area (TPSA) is 68.3 Å². The van der Waals surface area contributed by atoms with E-state index in [0.717, 1.165) is 16.0 Å². The third kappa shape index (κ3) is 8.57. The fraction of sp³-hybridized carbons (Fsp3) is 0.438. The number of nitrogens with zero attached hydrogens (tertiary/aromatic N) is 2. The maximum atomic E-state index is 13.7. The van der Waals surface area contributed by atoms with E-state index in [-0.39, 0.29) is 23.8 Å². The van der Waals surface area contributed by atoms with E-state index in [1.807, 2.05) is 47.4 Å². The summed E-state index contributed by atoms with van der Waals surface area (Å²) in [5.74, 6) is 1.02. The monoisotopic (exact) mass is 566 g/mol. The van der Waals surface area contributed by atoms with E-state index in [1.165, 1.54) is 4.88 Å². The van der Waals surface area contributed by atoms with Crippen LogP contribution in [0.4, 0.5) is 0 Å². The second kappa shape index (κ2) is 14.3. The minimum atomic E-state index is -0.183. The highest BCUT2D eigenvalue weighted by atomic mass is 32.1. The van der Waals surface area contributed by atoms with Gasteiger partial charge in [0.1, 0.15) is 6.54 Å². The maximum absolute atomic E-state index is 13.7. The Hall–Kier alpha value is -3.36. The Bertz CT molecular complexity index is 1260. The van der Waals surface area contributed by atoms with E-state index in [0.29, 0.717) is 49.7 Å². The predicted octanol–water partition coefficient (Wildman–Crippen LogP) is 5.73. The van der Waals surface area contributed by atoms with Crippen molar-refractivity contribution in [3.8, 4) is 11.5 Å². The summed E-state index contributed by atoms with van der Waals surface area (Å²) >= 11 is 1.67. The van der Waals surface area contributed by atoms with Crippen molar-refractivity contribution in [1.82, 2.24) is 9.80 Å². The van der Waals surface area contributed by atoms with Gasteiger partial charge >= 0.3 is 0 Å². The average molecular weight is 567 g/mol. The van der Waals surface area contributed by atoms with Crippen LogP contribution in [0.15, 0.2) is 54.6 Å². The summed E-state index contributed by atoms with van der Waals surface area (Å²) in [5.41, 5.74) is 2.73. The molecule has 0 radical (unpaired) electrons. The van der Waals surface area contributed by atoms with Crippen LogP contribution >= 0.6 is 11.3 Å². The number of methoxy groups -OCH3 is 3. The fourth-order valence-electron chi connectivity index (χ4n) is 4.36. The molecule has 0 N–H and O–H groups in total. The first-order chi connectivity index (χ1) is 19.0. The van der Waals surface area contributed by atoms with E-state index in [2.05, 4.69) is 39.8 Å². The lowest BCUT2D eigenvalue weighted by Crippen LogP contribution is -2.44. The molecule has 0 saturated heterocycles. The Morgan fingerprint density at radius 1 is 0.850 bits per heavy atom. The minimum Gasteiger partial charge on any atom is -0.493 e. The highest BCUT2D eigenvalue weighted by Crippen LogP contribution is 2.28. The predicted molar refractivity (Wildman–Crippen MR) is 161 cm³/mol. The number of carbonyl (C=O) groups excluding carboxylic acids is 2. The normalized spacial score (nSPS) is 11.3. The summed E-state index contributed by atoms with van der Waals surface area (Å²) in [4.78, 5) is 33.0. The summed E-state index contributed by atoms with van der Waals surface area (Å²) in [6.45, 7) is 10.1. The van der Waals surface area contributed by atoms with Gasteiger partial charge in [-0.05, 0) is 66.3 Å². The number of amides is 2. The maximum Gasteiger partial charge on any atom is 0.254 e. The van der Waals surface area contributed by atoms with Gasteiger partial charge in [-0.2, -0.15) is 0 Å². The lowest BCUT2D eigenvalue weighted by atomic mass is 9.86. The van der Waals surface area contributed by atoms with E-state index in [1.54, 1.807) is 37.6 Å². The van der Waals surface area contributed by atoms with Gasteiger partial charge < -0.3 is 24.0 Å². The first kappa shape index (κ1) is 31.2. The Labute approximate surface area is 242 Å². The van der Waals surface area contributed by atoms with Gasteiger partial charge in [0.15, 0.2) is 11.5 Å². The van der Waals surface area contributed by atoms with Gasteiger partial charge in [0.2, 0.25) is 5.91 Å². The molecule has 0 unspecified atom stereocenters. The summed E-state index contributed by atoms with van der Waals surface area (Å²) in [5, 5.41) is 0. The molecule has 0 aliphatic rings. The van der Waals surface area contributed by atoms with Crippen LogP contribution in [-0.4, -0.2) is 69.2 Å². The molecule has 0 atom stereocenters. The molecule has 2 aromatic carbocycles. The van der Waals surface area contributed by atoms with E-state index >= 15 is 0 Å². The van der Waals surface area contributed by atoms with E-state index in [4.69, 9.17) is 14.2 Å². The molecule has 7 nitrogen and oxygen atoms in total. The lowest BCUT2D eigenvalue weighted by Gasteiger charge is -2.28. The molecule has 0 aliphatic carbocycles. The standard InChI is InChI=1S/C32H42N2O5S/c1-23-8-14-27(40-23)21-33(17-16-24-9-15-28(38-6)29(20-24)39-7)30(35)22-34(18-19-37-5)31(36)25-10-12-26(13-11-25)32(2,3)4/h8-15,20H,16-19,21-22H2,1-7H3. The number of ether oxygens (including phenoxy) is 3. The molecule has 40 heavy (non-hydrogen) atoms. The molecule has 0 fully saturated rings. The molecule has 0 spiro atoms. The van der Waals surface area contributed by atoms with Gasteiger partial charge in [-0.1, -0.05) is 39.0 Å². The number of carbonyl (C=O) groups is 2. The van der Waals surface area contributed by atoms with Gasteiger partial charge in [0.25, 0.3) is 5.91 Å². The summed E-state index contributed by atoms with van der Waals surface area (Å²) in [7, 11) is 4.81. The van der Waals surface area contributed by atoms with Crippen molar-refractivity contribution in [2.45, 2.75) is 46.1 Å². The van der Waals surface area contributed by atoms with Crippen LogP contribution in [0.5, 0.6) is 11.5 Å². The average Bonchev–Trinajstić information content (AvgIpc) is 3.36. The van der Waals surface area contributed by atoms with Crippen molar-refractivity contribution in [3.05, 3.63) is 81.0 Å². The molecule has 2 amide bonds. The third-order valence-electron chi connectivity index (χ3n) is 6.79. The smallest absolute Gasteiger partial charge is 0.254 e. The number of thiophene rings is 1. The number of hydrogen-bond donors (Lipinski definition) is 0. The Balaban J connectivity index is 1.80. The quantitative estimate of drug-likeness (QED) is 0.264. The van der Waals surface area contributed by atoms with Crippen molar-refractivity contribution >= 4 is 23.2 Å². The molecule has 1 heterocycles. The Morgan fingerprint density at radius 3 is 2.12 bits per heavy atom. The molecule has 216 valence electrons. The molecule has 3 rings (SSSR count). The zero-order valence-corrected chi connectivity index (χ0v) is 25.6. The first-order valence-electron chi connectivity index (χ1n) is 13.5. The SMILES string of the molecule is COCCN(CC(=O)N(CCc1ccc(OC)c(OC)c1)Cc1ccc(C)s1)C(=O)c1ccc(C(C)(C)C)cc1. The van der Waals surface area contributed by atoms with Crippen LogP contribution in [0, 0.1) is 6.92 Å². The minimum absolute atomic E-state index is 0.0121. The molecule has 0 saturated carbocycles. The molecule has 0 bridgehead atoms. The zero-order valence-electron chi connectivity index (χ0n) is 24.8.